The van der Waals surface area contributed by atoms with Gasteiger partial charge in [0.05, 0.1) is 4.90 Å². The van der Waals surface area contributed by atoms with Crippen molar-refractivity contribution in [2.45, 2.75) is 39.1 Å². The van der Waals surface area contributed by atoms with Crippen LogP contribution >= 0.6 is 0 Å². The van der Waals surface area contributed by atoms with Crippen LogP contribution in [0, 0.1) is 27.7 Å². The van der Waals surface area contributed by atoms with Gasteiger partial charge in [-0.2, -0.15) is 0 Å². The molecule has 3 nitrogen and oxygen atoms in total. The van der Waals surface area contributed by atoms with Gasteiger partial charge >= 0.3 is 0 Å². The molecule has 2 rings (SSSR count). The van der Waals surface area contributed by atoms with Crippen LogP contribution in [0.4, 0.5) is 0 Å². The Morgan fingerprint density at radius 2 is 1.43 bits per heavy atom. The van der Waals surface area contributed by atoms with E-state index >= 15 is 0 Å². The molecule has 0 aliphatic rings. The molecule has 0 radical (unpaired) electrons. The second kappa shape index (κ2) is 6.00. The molecule has 0 saturated carbocycles. The number of hydrogen-bond donors (Lipinski definition) is 1. The molecule has 0 saturated heterocycles. The molecule has 0 bridgehead atoms. The summed E-state index contributed by atoms with van der Waals surface area (Å²) in [5.41, 5.74) is 4.58. The van der Waals surface area contributed by atoms with Crippen LogP contribution < -0.4 is 4.72 Å². The molecule has 0 atom stereocenters. The third-order valence-electron chi connectivity index (χ3n) is 3.88. The van der Waals surface area contributed by atoms with Crippen molar-refractivity contribution in [1.82, 2.24) is 4.72 Å². The van der Waals surface area contributed by atoms with Crippen molar-refractivity contribution in [3.63, 3.8) is 0 Å². The lowest BCUT2D eigenvalue weighted by molar-refractivity contribution is 0.579. The maximum Gasteiger partial charge on any atom is 0.241 e. The minimum Gasteiger partial charge on any atom is -0.207 e. The van der Waals surface area contributed by atoms with Gasteiger partial charge in [-0.1, -0.05) is 36.4 Å². The van der Waals surface area contributed by atoms with Gasteiger partial charge in [-0.3, -0.25) is 0 Å². The molecule has 2 aromatic rings. The van der Waals surface area contributed by atoms with E-state index in [4.69, 9.17) is 0 Å². The fraction of sp³-hybridized carbons (Fsp3) is 0.294. The van der Waals surface area contributed by atoms with Crippen LogP contribution in [0.1, 0.15) is 27.8 Å². The van der Waals surface area contributed by atoms with E-state index in [9.17, 15) is 8.42 Å². The minimum absolute atomic E-state index is 0.301. The summed E-state index contributed by atoms with van der Waals surface area (Å²) in [6.07, 6.45) is 0. The number of nitrogens with one attached hydrogen (secondary N) is 1. The van der Waals surface area contributed by atoms with Crippen molar-refractivity contribution in [2.75, 3.05) is 0 Å². The summed E-state index contributed by atoms with van der Waals surface area (Å²) in [5, 5.41) is 0. The summed E-state index contributed by atoms with van der Waals surface area (Å²) < 4.78 is 28.0. The van der Waals surface area contributed by atoms with Crippen LogP contribution in [0.5, 0.6) is 0 Å². The van der Waals surface area contributed by atoms with Crippen molar-refractivity contribution >= 4 is 10.0 Å². The quantitative estimate of drug-likeness (QED) is 0.941. The lowest BCUT2D eigenvalue weighted by Crippen LogP contribution is -2.25. The molecule has 0 fully saturated rings. The van der Waals surface area contributed by atoms with E-state index in [-0.39, 0.29) is 0 Å². The maximum atomic E-state index is 12.6. The minimum atomic E-state index is -3.51. The molecule has 0 aromatic heterocycles. The molecule has 2 aromatic carbocycles. The van der Waals surface area contributed by atoms with Crippen LogP contribution in [0.3, 0.4) is 0 Å². The van der Waals surface area contributed by atoms with Gasteiger partial charge in [0.25, 0.3) is 0 Å². The molecule has 0 aliphatic heterocycles. The van der Waals surface area contributed by atoms with E-state index in [1.54, 1.807) is 0 Å². The van der Waals surface area contributed by atoms with E-state index in [0.717, 1.165) is 27.8 Å². The number of sulfonamides is 1. The fourth-order valence-corrected chi connectivity index (χ4v) is 4.06. The Balaban J connectivity index is 2.37. The van der Waals surface area contributed by atoms with Crippen molar-refractivity contribution in [3.8, 4) is 0 Å². The van der Waals surface area contributed by atoms with Crippen molar-refractivity contribution < 1.29 is 8.42 Å². The van der Waals surface area contributed by atoms with Crippen LogP contribution in [-0.2, 0) is 16.6 Å². The average molecular weight is 303 g/mol. The molecule has 0 unspecified atom stereocenters. The Morgan fingerprint density at radius 1 is 0.905 bits per heavy atom. The standard InChI is InChI=1S/C17H21NO2S/c1-12-10-13(2)15(4)17(14(12)3)21(19,20)18-11-16-8-6-5-7-9-16/h5-10,18H,11H2,1-4H3. The molecular weight excluding hydrogens is 282 g/mol. The fourth-order valence-electron chi connectivity index (χ4n) is 2.43. The van der Waals surface area contributed by atoms with E-state index in [0.29, 0.717) is 11.4 Å². The van der Waals surface area contributed by atoms with Gasteiger partial charge in [0, 0.05) is 6.54 Å². The van der Waals surface area contributed by atoms with Crippen molar-refractivity contribution in [1.29, 1.82) is 0 Å². The molecule has 0 spiro atoms. The predicted molar refractivity (Wildman–Crippen MR) is 85.9 cm³/mol. The van der Waals surface area contributed by atoms with E-state index in [1.165, 1.54) is 0 Å². The summed E-state index contributed by atoms with van der Waals surface area (Å²) in [4.78, 5) is 0.413. The molecule has 0 amide bonds. The molecule has 112 valence electrons. The van der Waals surface area contributed by atoms with Gasteiger partial charge < -0.3 is 0 Å². The van der Waals surface area contributed by atoms with Gasteiger partial charge in [-0.05, 0) is 55.5 Å². The Morgan fingerprint density at radius 3 is 1.95 bits per heavy atom. The largest absolute Gasteiger partial charge is 0.241 e. The Bertz CT molecular complexity index is 724. The number of aryl methyl sites for hydroxylation is 2. The number of rotatable bonds is 4. The first kappa shape index (κ1) is 15.7. The first-order valence-corrected chi connectivity index (χ1v) is 8.42. The highest BCUT2D eigenvalue weighted by Crippen LogP contribution is 2.26. The van der Waals surface area contributed by atoms with E-state index in [2.05, 4.69) is 4.72 Å². The molecule has 1 N–H and O–H groups in total. The zero-order valence-electron chi connectivity index (χ0n) is 12.9. The molecule has 0 aliphatic carbocycles. The molecule has 0 heterocycles. The number of hydrogen-bond acceptors (Lipinski definition) is 2. The highest BCUT2D eigenvalue weighted by atomic mass is 32.2. The molecular formula is C17H21NO2S. The van der Waals surface area contributed by atoms with Crippen molar-refractivity contribution in [3.05, 3.63) is 64.2 Å². The van der Waals surface area contributed by atoms with E-state index < -0.39 is 10.0 Å². The topological polar surface area (TPSA) is 46.2 Å². The first-order valence-electron chi connectivity index (χ1n) is 6.94. The summed E-state index contributed by atoms with van der Waals surface area (Å²) in [5.74, 6) is 0. The summed E-state index contributed by atoms with van der Waals surface area (Å²) in [6, 6.07) is 11.6. The highest BCUT2D eigenvalue weighted by Gasteiger charge is 2.21. The predicted octanol–water partition coefficient (Wildman–Crippen LogP) is 3.40. The SMILES string of the molecule is Cc1cc(C)c(C)c(S(=O)(=O)NCc2ccccc2)c1C. The van der Waals surface area contributed by atoms with Gasteiger partial charge in [0.2, 0.25) is 10.0 Å². The van der Waals surface area contributed by atoms with Gasteiger partial charge in [-0.25, -0.2) is 13.1 Å². The summed E-state index contributed by atoms with van der Waals surface area (Å²) >= 11 is 0. The van der Waals surface area contributed by atoms with Crippen LogP contribution in [-0.4, -0.2) is 8.42 Å². The maximum absolute atomic E-state index is 12.6. The van der Waals surface area contributed by atoms with Gasteiger partial charge in [-0.15, -0.1) is 0 Å². The Labute approximate surface area is 127 Å². The third kappa shape index (κ3) is 3.34. The second-order valence-corrected chi connectivity index (χ2v) is 7.10. The van der Waals surface area contributed by atoms with Gasteiger partial charge in [0.1, 0.15) is 0 Å². The summed E-state index contributed by atoms with van der Waals surface area (Å²) in [6.45, 7) is 7.91. The normalized spacial score (nSPS) is 11.6. The average Bonchev–Trinajstić information content (AvgIpc) is 2.44. The van der Waals surface area contributed by atoms with Crippen LogP contribution in [0.2, 0.25) is 0 Å². The van der Waals surface area contributed by atoms with Crippen molar-refractivity contribution in [2.24, 2.45) is 0 Å². The first-order chi connectivity index (χ1) is 9.83. The highest BCUT2D eigenvalue weighted by molar-refractivity contribution is 7.89. The third-order valence-corrected chi connectivity index (χ3v) is 5.55. The molecule has 4 heteroatoms. The van der Waals surface area contributed by atoms with E-state index in [1.807, 2.05) is 64.1 Å². The monoisotopic (exact) mass is 303 g/mol. The smallest absolute Gasteiger partial charge is 0.207 e. The Hall–Kier alpha value is -1.65. The zero-order chi connectivity index (χ0) is 15.6. The lowest BCUT2D eigenvalue weighted by Gasteiger charge is -2.16. The Kier molecular flexibility index (Phi) is 4.49. The van der Waals surface area contributed by atoms with Gasteiger partial charge in [0.15, 0.2) is 0 Å². The van der Waals surface area contributed by atoms with Crippen LogP contribution in [0.15, 0.2) is 41.3 Å². The zero-order valence-corrected chi connectivity index (χ0v) is 13.7. The summed E-state index contributed by atoms with van der Waals surface area (Å²) in [7, 11) is -3.51. The lowest BCUT2D eigenvalue weighted by atomic mass is 10.0. The molecule has 21 heavy (non-hydrogen) atoms. The second-order valence-electron chi connectivity index (χ2n) is 5.40. The van der Waals surface area contributed by atoms with Crippen LogP contribution in [0.25, 0.3) is 0 Å². The number of benzene rings is 2.